The minimum absolute atomic E-state index is 0.173. The molecule has 1 amide bonds. The number of carboxylic acid groups (broad SMARTS) is 1. The van der Waals surface area contributed by atoms with E-state index in [1.54, 1.807) is 4.90 Å². The summed E-state index contributed by atoms with van der Waals surface area (Å²) in [6.45, 7) is 5.52. The summed E-state index contributed by atoms with van der Waals surface area (Å²) in [4.78, 5) is 17.7. The highest BCUT2D eigenvalue weighted by Gasteiger charge is 2.43. The van der Waals surface area contributed by atoms with E-state index in [2.05, 4.69) is 28.0 Å². The lowest BCUT2D eigenvalue weighted by molar-refractivity contribution is 0.0479. The predicted molar refractivity (Wildman–Crippen MR) is 104 cm³/mol. The minimum Gasteiger partial charge on any atom is -0.465 e. The molecule has 142 valence electrons. The van der Waals surface area contributed by atoms with E-state index < -0.39 is 6.09 Å². The highest BCUT2D eigenvalue weighted by atomic mass is 35.5. The van der Waals surface area contributed by atoms with Crippen LogP contribution in [-0.2, 0) is 6.54 Å². The van der Waals surface area contributed by atoms with Crippen LogP contribution in [0.3, 0.4) is 0 Å². The summed E-state index contributed by atoms with van der Waals surface area (Å²) in [6, 6.07) is 6.53. The third kappa shape index (κ3) is 3.39. The number of rotatable bonds is 3. The number of halogens is 1. The Hall–Kier alpha value is -1.46. The summed E-state index contributed by atoms with van der Waals surface area (Å²) in [5, 5.41) is 10.1. The number of hydrogen-bond acceptors (Lipinski definition) is 3. The van der Waals surface area contributed by atoms with Crippen LogP contribution in [0.2, 0.25) is 5.02 Å². The van der Waals surface area contributed by atoms with Crippen molar-refractivity contribution in [3.05, 3.63) is 28.8 Å². The van der Waals surface area contributed by atoms with Gasteiger partial charge in [-0.3, -0.25) is 4.90 Å². The highest BCUT2D eigenvalue weighted by molar-refractivity contribution is 6.33. The van der Waals surface area contributed by atoms with Gasteiger partial charge < -0.3 is 14.9 Å². The largest absolute Gasteiger partial charge is 0.465 e. The van der Waals surface area contributed by atoms with Crippen molar-refractivity contribution < 1.29 is 9.90 Å². The van der Waals surface area contributed by atoms with Crippen LogP contribution in [0.25, 0.3) is 0 Å². The monoisotopic (exact) mass is 377 g/mol. The van der Waals surface area contributed by atoms with Crippen LogP contribution >= 0.6 is 11.6 Å². The molecule has 3 aliphatic rings. The van der Waals surface area contributed by atoms with Crippen molar-refractivity contribution in [2.75, 3.05) is 37.6 Å². The number of likely N-dealkylation sites (tertiary alicyclic amines) is 2. The lowest BCUT2D eigenvalue weighted by atomic mass is 9.85. The molecule has 0 bridgehead atoms. The molecule has 0 saturated carbocycles. The van der Waals surface area contributed by atoms with Crippen molar-refractivity contribution in [1.29, 1.82) is 0 Å². The van der Waals surface area contributed by atoms with Crippen molar-refractivity contribution in [2.24, 2.45) is 0 Å². The number of carbonyl (C=O) groups is 1. The van der Waals surface area contributed by atoms with Gasteiger partial charge in [0, 0.05) is 38.3 Å². The second kappa shape index (κ2) is 7.28. The fourth-order valence-electron chi connectivity index (χ4n) is 5.01. The van der Waals surface area contributed by atoms with Gasteiger partial charge in [0.15, 0.2) is 0 Å². The molecule has 3 saturated heterocycles. The van der Waals surface area contributed by atoms with E-state index in [-0.39, 0.29) is 5.54 Å². The Balaban J connectivity index is 1.45. The van der Waals surface area contributed by atoms with Gasteiger partial charge in [-0.05, 0) is 62.8 Å². The third-order valence-corrected chi connectivity index (χ3v) is 6.84. The summed E-state index contributed by atoms with van der Waals surface area (Å²) in [6.07, 6.45) is 5.99. The molecule has 0 atom stereocenters. The molecule has 4 rings (SSSR count). The van der Waals surface area contributed by atoms with E-state index in [4.69, 9.17) is 11.6 Å². The van der Waals surface area contributed by atoms with Crippen molar-refractivity contribution in [1.82, 2.24) is 9.80 Å². The smallest absolute Gasteiger partial charge is 0.407 e. The zero-order chi connectivity index (χ0) is 18.1. The molecule has 0 unspecified atom stereocenters. The quantitative estimate of drug-likeness (QED) is 0.863. The number of amides is 1. The van der Waals surface area contributed by atoms with Gasteiger partial charge in [0.1, 0.15) is 0 Å². The Morgan fingerprint density at radius 2 is 1.77 bits per heavy atom. The maximum absolute atomic E-state index is 11.2. The molecule has 26 heavy (non-hydrogen) atoms. The first-order valence-corrected chi connectivity index (χ1v) is 10.2. The fourth-order valence-corrected chi connectivity index (χ4v) is 5.33. The van der Waals surface area contributed by atoms with Crippen LogP contribution < -0.4 is 4.90 Å². The van der Waals surface area contributed by atoms with E-state index in [0.29, 0.717) is 13.1 Å². The Morgan fingerprint density at radius 1 is 1.04 bits per heavy atom. The molecule has 1 N–H and O–H groups in total. The zero-order valence-electron chi connectivity index (χ0n) is 15.3. The summed E-state index contributed by atoms with van der Waals surface area (Å²) in [5.74, 6) is 0. The molecule has 3 aliphatic heterocycles. The number of nitrogens with zero attached hydrogens (tertiary/aromatic N) is 3. The van der Waals surface area contributed by atoms with Crippen LogP contribution in [0, 0.1) is 0 Å². The van der Waals surface area contributed by atoms with Gasteiger partial charge >= 0.3 is 6.09 Å². The molecule has 0 aromatic heterocycles. The van der Waals surface area contributed by atoms with Gasteiger partial charge in [-0.2, -0.15) is 0 Å². The summed E-state index contributed by atoms with van der Waals surface area (Å²) in [7, 11) is 0. The second-order valence-corrected chi connectivity index (χ2v) is 8.41. The zero-order valence-corrected chi connectivity index (χ0v) is 16.0. The highest BCUT2D eigenvalue weighted by Crippen LogP contribution is 2.40. The summed E-state index contributed by atoms with van der Waals surface area (Å²) < 4.78 is 0. The number of anilines is 1. The molecular formula is C20H28ClN3O2. The average Bonchev–Trinajstić information content (AvgIpc) is 3.27. The molecule has 6 heteroatoms. The SMILES string of the molecule is O=C(O)N1CCC2(CCCN2Cc2ccc(N3CCCC3)c(Cl)c2)CC1. The Kier molecular flexibility index (Phi) is 5.02. The second-order valence-electron chi connectivity index (χ2n) is 8.00. The Morgan fingerprint density at radius 3 is 2.42 bits per heavy atom. The minimum atomic E-state index is -0.784. The third-order valence-electron chi connectivity index (χ3n) is 6.54. The summed E-state index contributed by atoms with van der Waals surface area (Å²) in [5.41, 5.74) is 2.60. The molecule has 1 aromatic rings. The van der Waals surface area contributed by atoms with E-state index in [1.165, 1.54) is 36.9 Å². The number of benzene rings is 1. The molecule has 1 aromatic carbocycles. The lowest BCUT2D eigenvalue weighted by Gasteiger charge is -2.44. The van der Waals surface area contributed by atoms with Crippen LogP contribution in [0.15, 0.2) is 18.2 Å². The van der Waals surface area contributed by atoms with Crippen molar-refractivity contribution >= 4 is 23.4 Å². The first-order valence-electron chi connectivity index (χ1n) is 9.84. The van der Waals surface area contributed by atoms with Gasteiger partial charge in [-0.25, -0.2) is 4.79 Å². The molecule has 0 radical (unpaired) electrons. The van der Waals surface area contributed by atoms with Crippen molar-refractivity contribution in [3.63, 3.8) is 0 Å². The van der Waals surface area contributed by atoms with E-state index >= 15 is 0 Å². The molecule has 5 nitrogen and oxygen atoms in total. The van der Waals surface area contributed by atoms with Crippen LogP contribution in [0.1, 0.15) is 44.1 Å². The van der Waals surface area contributed by atoms with Crippen LogP contribution in [0.4, 0.5) is 10.5 Å². The summed E-state index contributed by atoms with van der Waals surface area (Å²) >= 11 is 6.59. The maximum atomic E-state index is 11.2. The first kappa shape index (κ1) is 17.9. The fraction of sp³-hybridized carbons (Fsp3) is 0.650. The predicted octanol–water partition coefficient (Wildman–Crippen LogP) is 4.05. The molecule has 1 spiro atoms. The van der Waals surface area contributed by atoms with Crippen LogP contribution in [-0.4, -0.2) is 59.3 Å². The first-order chi connectivity index (χ1) is 12.6. The van der Waals surface area contributed by atoms with Crippen LogP contribution in [0.5, 0.6) is 0 Å². The molecule has 3 heterocycles. The van der Waals surface area contributed by atoms with E-state index in [9.17, 15) is 9.90 Å². The molecular weight excluding hydrogens is 350 g/mol. The number of hydrogen-bond donors (Lipinski definition) is 1. The standard InChI is InChI=1S/C20H28ClN3O2/c21-17-14-16(4-5-18(17)22-9-1-2-10-22)15-24-11-3-6-20(24)7-12-23(13-8-20)19(25)26/h4-5,14H,1-3,6-13,15H2,(H,25,26). The Labute approximate surface area is 160 Å². The van der Waals surface area contributed by atoms with E-state index in [0.717, 1.165) is 44.0 Å². The maximum Gasteiger partial charge on any atom is 0.407 e. The topological polar surface area (TPSA) is 47.0 Å². The number of piperidine rings is 1. The van der Waals surface area contributed by atoms with E-state index in [1.807, 2.05) is 0 Å². The molecule has 0 aliphatic carbocycles. The van der Waals surface area contributed by atoms with Gasteiger partial charge in [-0.15, -0.1) is 0 Å². The van der Waals surface area contributed by atoms with Gasteiger partial charge in [0.05, 0.1) is 10.7 Å². The van der Waals surface area contributed by atoms with Crippen molar-refractivity contribution in [2.45, 2.75) is 50.6 Å². The Bertz CT molecular complexity index is 667. The lowest BCUT2D eigenvalue weighted by Crippen LogP contribution is -2.52. The van der Waals surface area contributed by atoms with Crippen molar-refractivity contribution in [3.8, 4) is 0 Å². The molecule has 3 fully saturated rings. The van der Waals surface area contributed by atoms with Gasteiger partial charge in [0.25, 0.3) is 0 Å². The average molecular weight is 378 g/mol. The van der Waals surface area contributed by atoms with Gasteiger partial charge in [0.2, 0.25) is 0 Å². The van der Waals surface area contributed by atoms with Gasteiger partial charge in [-0.1, -0.05) is 17.7 Å². The normalized spacial score (nSPS) is 23.1.